The number of hydrogen-bond donors (Lipinski definition) is 1. The first-order valence-electron chi connectivity index (χ1n) is 4.59. The van der Waals surface area contributed by atoms with E-state index in [0.29, 0.717) is 6.42 Å². The molecule has 0 spiro atoms. The highest BCUT2D eigenvalue weighted by atomic mass is 35.5. The van der Waals surface area contributed by atoms with Crippen LogP contribution in [0.15, 0.2) is 18.3 Å². The summed E-state index contributed by atoms with van der Waals surface area (Å²) in [4.78, 5) is 5.35. The highest BCUT2D eigenvalue weighted by Gasteiger charge is 2.09. The average Bonchev–Trinajstić information content (AvgIpc) is 2.76. The number of aliphatic hydroxyl groups is 1. The maximum absolute atomic E-state index is 8.86. The Morgan fingerprint density at radius 3 is 2.93 bits per heavy atom. The highest BCUT2D eigenvalue weighted by Crippen LogP contribution is 2.30. The van der Waals surface area contributed by atoms with Gasteiger partial charge in [-0.3, -0.25) is 0 Å². The zero-order valence-electron chi connectivity index (χ0n) is 8.27. The molecular formula is C10H11ClN2OS. The van der Waals surface area contributed by atoms with Crippen LogP contribution in [0.3, 0.4) is 0 Å². The molecule has 2 rings (SSSR count). The minimum atomic E-state index is 0.121. The van der Waals surface area contributed by atoms with Crippen LogP contribution in [0.4, 0.5) is 0 Å². The number of nitrogens with zero attached hydrogens (tertiary/aromatic N) is 2. The summed E-state index contributed by atoms with van der Waals surface area (Å²) in [5.41, 5.74) is 1.04. The predicted molar refractivity (Wildman–Crippen MR) is 62.3 cm³/mol. The van der Waals surface area contributed by atoms with Crippen molar-refractivity contribution in [1.82, 2.24) is 9.55 Å². The Labute approximate surface area is 97.0 Å². The number of halogens is 1. The molecule has 0 aromatic carbocycles. The molecule has 0 atom stereocenters. The van der Waals surface area contributed by atoms with Gasteiger partial charge in [-0.1, -0.05) is 11.6 Å². The van der Waals surface area contributed by atoms with E-state index in [1.165, 1.54) is 11.3 Å². The molecule has 0 amide bonds. The molecule has 0 fully saturated rings. The average molecular weight is 243 g/mol. The van der Waals surface area contributed by atoms with Crippen molar-refractivity contribution in [3.05, 3.63) is 28.5 Å². The summed E-state index contributed by atoms with van der Waals surface area (Å²) in [5.74, 6) is 0.886. The van der Waals surface area contributed by atoms with E-state index in [0.717, 1.165) is 20.7 Å². The van der Waals surface area contributed by atoms with Crippen molar-refractivity contribution in [2.24, 2.45) is 7.05 Å². The summed E-state index contributed by atoms with van der Waals surface area (Å²) in [6.45, 7) is 0.121. The normalized spacial score (nSPS) is 10.9. The lowest BCUT2D eigenvalue weighted by molar-refractivity contribution is 0.295. The largest absolute Gasteiger partial charge is 0.396 e. The van der Waals surface area contributed by atoms with Crippen LogP contribution in [0.1, 0.15) is 5.82 Å². The Hall–Kier alpha value is -0.840. The predicted octanol–water partition coefficient (Wildman–Crippen LogP) is 2.34. The molecule has 3 nitrogen and oxygen atoms in total. The van der Waals surface area contributed by atoms with Gasteiger partial charge in [-0.05, 0) is 12.1 Å². The van der Waals surface area contributed by atoms with E-state index in [1.54, 1.807) is 0 Å². The number of rotatable bonds is 3. The smallest absolute Gasteiger partial charge is 0.111 e. The molecular weight excluding hydrogens is 232 g/mol. The summed E-state index contributed by atoms with van der Waals surface area (Å²) in [7, 11) is 1.95. The van der Waals surface area contributed by atoms with Gasteiger partial charge in [-0.2, -0.15) is 0 Å². The molecule has 80 valence electrons. The van der Waals surface area contributed by atoms with Crippen molar-refractivity contribution in [3.63, 3.8) is 0 Å². The zero-order valence-corrected chi connectivity index (χ0v) is 9.85. The van der Waals surface area contributed by atoms with Gasteiger partial charge in [0.2, 0.25) is 0 Å². The molecule has 0 saturated heterocycles. The highest BCUT2D eigenvalue weighted by molar-refractivity contribution is 7.19. The summed E-state index contributed by atoms with van der Waals surface area (Å²) >= 11 is 7.41. The van der Waals surface area contributed by atoms with Crippen LogP contribution in [-0.2, 0) is 13.5 Å². The van der Waals surface area contributed by atoms with Gasteiger partial charge >= 0.3 is 0 Å². The third-order valence-electron chi connectivity index (χ3n) is 2.25. The molecule has 1 N–H and O–H groups in total. The number of aliphatic hydroxyl groups excluding tert-OH is 1. The molecule has 5 heteroatoms. The lowest BCUT2D eigenvalue weighted by Crippen LogP contribution is -2.01. The number of thiophene rings is 1. The summed E-state index contributed by atoms with van der Waals surface area (Å²) < 4.78 is 2.76. The Bertz CT molecular complexity index is 464. The van der Waals surface area contributed by atoms with Crippen molar-refractivity contribution in [2.75, 3.05) is 6.61 Å². The van der Waals surface area contributed by atoms with Crippen molar-refractivity contribution in [3.8, 4) is 10.6 Å². The van der Waals surface area contributed by atoms with Gasteiger partial charge in [0, 0.05) is 13.5 Å². The molecule has 0 aliphatic carbocycles. The standard InChI is InChI=1S/C10H11ClN2OS/c1-13-7(6-12-10(13)4-5-14)8-2-3-9(11)15-8/h2-3,6,14H,4-5H2,1H3. The fourth-order valence-corrected chi connectivity index (χ4v) is 2.55. The Kier molecular flexibility index (Phi) is 3.09. The molecule has 2 aromatic rings. The maximum atomic E-state index is 8.86. The fraction of sp³-hybridized carbons (Fsp3) is 0.300. The first kappa shape index (κ1) is 10.7. The van der Waals surface area contributed by atoms with Gasteiger partial charge in [0.25, 0.3) is 0 Å². The van der Waals surface area contributed by atoms with Crippen LogP contribution in [0.5, 0.6) is 0 Å². The van der Waals surface area contributed by atoms with Gasteiger partial charge < -0.3 is 9.67 Å². The second-order valence-corrected chi connectivity index (χ2v) is 4.91. The summed E-state index contributed by atoms with van der Waals surface area (Å²) in [5, 5.41) is 8.86. The number of imidazole rings is 1. The van der Waals surface area contributed by atoms with E-state index < -0.39 is 0 Å². The molecule has 15 heavy (non-hydrogen) atoms. The van der Waals surface area contributed by atoms with E-state index in [9.17, 15) is 0 Å². The molecule has 0 radical (unpaired) electrons. The summed E-state index contributed by atoms with van der Waals surface area (Å²) in [6.07, 6.45) is 2.39. The molecule has 0 saturated carbocycles. The zero-order chi connectivity index (χ0) is 10.8. The van der Waals surface area contributed by atoms with E-state index >= 15 is 0 Å². The molecule has 0 aliphatic rings. The maximum Gasteiger partial charge on any atom is 0.111 e. The molecule has 2 aromatic heterocycles. The van der Waals surface area contributed by atoms with E-state index in [2.05, 4.69) is 4.98 Å². The third-order valence-corrected chi connectivity index (χ3v) is 3.50. The molecule has 0 unspecified atom stereocenters. The molecule has 0 aliphatic heterocycles. The van der Waals surface area contributed by atoms with Crippen molar-refractivity contribution in [1.29, 1.82) is 0 Å². The second-order valence-electron chi connectivity index (χ2n) is 3.20. The first-order chi connectivity index (χ1) is 7.22. The third kappa shape index (κ3) is 2.07. The van der Waals surface area contributed by atoms with Crippen molar-refractivity contribution in [2.45, 2.75) is 6.42 Å². The number of aromatic nitrogens is 2. The molecule has 2 heterocycles. The van der Waals surface area contributed by atoms with Gasteiger partial charge in [0.15, 0.2) is 0 Å². The minimum Gasteiger partial charge on any atom is -0.396 e. The lowest BCUT2D eigenvalue weighted by atomic mass is 10.3. The molecule has 0 bridgehead atoms. The van der Waals surface area contributed by atoms with Crippen LogP contribution >= 0.6 is 22.9 Å². The van der Waals surface area contributed by atoms with E-state index in [-0.39, 0.29) is 6.61 Å². The first-order valence-corrected chi connectivity index (χ1v) is 5.79. The van der Waals surface area contributed by atoms with Gasteiger partial charge in [-0.15, -0.1) is 11.3 Å². The van der Waals surface area contributed by atoms with Crippen LogP contribution < -0.4 is 0 Å². The SMILES string of the molecule is Cn1c(-c2ccc(Cl)s2)cnc1CCO. The van der Waals surface area contributed by atoms with Gasteiger partial charge in [0.1, 0.15) is 5.82 Å². The van der Waals surface area contributed by atoms with Crippen LogP contribution in [0.2, 0.25) is 4.34 Å². The van der Waals surface area contributed by atoms with Crippen molar-refractivity contribution < 1.29 is 5.11 Å². The quantitative estimate of drug-likeness (QED) is 0.897. The van der Waals surface area contributed by atoms with Gasteiger partial charge in [-0.25, -0.2) is 4.98 Å². The van der Waals surface area contributed by atoms with Gasteiger partial charge in [0.05, 0.1) is 27.7 Å². The Morgan fingerprint density at radius 1 is 1.53 bits per heavy atom. The van der Waals surface area contributed by atoms with Crippen LogP contribution in [-0.4, -0.2) is 21.3 Å². The summed E-state index contributed by atoms with van der Waals surface area (Å²) in [6, 6.07) is 3.85. The van der Waals surface area contributed by atoms with E-state index in [4.69, 9.17) is 16.7 Å². The monoisotopic (exact) mass is 242 g/mol. The lowest BCUT2D eigenvalue weighted by Gasteiger charge is -2.02. The van der Waals surface area contributed by atoms with Crippen molar-refractivity contribution >= 4 is 22.9 Å². The topological polar surface area (TPSA) is 38.0 Å². The van der Waals surface area contributed by atoms with E-state index in [1.807, 2.05) is 29.9 Å². The number of hydrogen-bond acceptors (Lipinski definition) is 3. The van der Waals surface area contributed by atoms with Crippen LogP contribution in [0.25, 0.3) is 10.6 Å². The minimum absolute atomic E-state index is 0.121. The second kappa shape index (κ2) is 4.35. The Balaban J connectivity index is 2.37. The Morgan fingerprint density at radius 2 is 2.33 bits per heavy atom. The fourth-order valence-electron chi connectivity index (χ4n) is 1.46. The van der Waals surface area contributed by atoms with Crippen LogP contribution in [0, 0.1) is 0 Å².